The normalized spacial score (nSPS) is 16.0. The highest BCUT2D eigenvalue weighted by atomic mass is 16.2. The lowest BCUT2D eigenvalue weighted by atomic mass is 10.1. The number of fused-ring (bicyclic) bond motifs is 1. The highest BCUT2D eigenvalue weighted by molar-refractivity contribution is 5.81. The van der Waals surface area contributed by atoms with Crippen molar-refractivity contribution in [3.63, 3.8) is 0 Å². The zero-order valence-corrected chi connectivity index (χ0v) is 12.8. The van der Waals surface area contributed by atoms with E-state index in [1.54, 1.807) is 9.13 Å². The molecule has 1 aromatic heterocycles. The molecule has 0 unspecified atom stereocenters. The van der Waals surface area contributed by atoms with Gasteiger partial charge in [-0.05, 0) is 45.0 Å². The summed E-state index contributed by atoms with van der Waals surface area (Å²) in [5.74, 6) is -0.0898. The van der Waals surface area contributed by atoms with Gasteiger partial charge in [-0.3, -0.25) is 13.9 Å². The van der Waals surface area contributed by atoms with Crippen LogP contribution in [0.4, 0.5) is 0 Å². The molecule has 0 aliphatic carbocycles. The minimum Gasteiger partial charge on any atom is -0.352 e. The van der Waals surface area contributed by atoms with E-state index in [1.165, 1.54) is 0 Å². The molecule has 1 aliphatic heterocycles. The Bertz CT molecular complexity index is 725. The maximum Gasteiger partial charge on any atom is 0.329 e. The molecule has 3 rings (SSSR count). The minimum absolute atomic E-state index is 0.0796. The summed E-state index contributed by atoms with van der Waals surface area (Å²) in [7, 11) is 0. The quantitative estimate of drug-likeness (QED) is 0.873. The zero-order valence-electron chi connectivity index (χ0n) is 12.8. The summed E-state index contributed by atoms with van der Waals surface area (Å²) in [4.78, 5) is 24.8. The number of aryl methyl sites for hydroxylation is 1. The van der Waals surface area contributed by atoms with Crippen molar-refractivity contribution >= 4 is 16.9 Å². The number of piperidine rings is 1. The minimum atomic E-state index is -0.121. The summed E-state index contributed by atoms with van der Waals surface area (Å²) in [5.41, 5.74) is 1.57. The number of imidazole rings is 1. The van der Waals surface area contributed by atoms with Gasteiger partial charge in [0.15, 0.2) is 0 Å². The molecule has 0 atom stereocenters. The molecule has 2 N–H and O–H groups in total. The van der Waals surface area contributed by atoms with Crippen molar-refractivity contribution in [2.45, 2.75) is 38.9 Å². The van der Waals surface area contributed by atoms with E-state index in [2.05, 4.69) is 10.6 Å². The molecule has 2 aromatic rings. The van der Waals surface area contributed by atoms with Crippen LogP contribution in [-0.2, 0) is 17.9 Å². The Kier molecular flexibility index (Phi) is 4.29. The van der Waals surface area contributed by atoms with Gasteiger partial charge < -0.3 is 10.6 Å². The molecule has 22 heavy (non-hydrogen) atoms. The Balaban J connectivity index is 1.82. The van der Waals surface area contributed by atoms with Crippen molar-refractivity contribution in [3.8, 4) is 0 Å². The van der Waals surface area contributed by atoms with Crippen LogP contribution < -0.4 is 16.3 Å². The van der Waals surface area contributed by atoms with Crippen LogP contribution in [0.5, 0.6) is 0 Å². The molecule has 0 saturated carbocycles. The number of para-hydroxylation sites is 2. The molecule has 1 aromatic carbocycles. The lowest BCUT2D eigenvalue weighted by Gasteiger charge is -2.23. The zero-order chi connectivity index (χ0) is 15.5. The smallest absolute Gasteiger partial charge is 0.329 e. The molecule has 1 aliphatic rings. The van der Waals surface area contributed by atoms with Crippen LogP contribution in [0.2, 0.25) is 0 Å². The van der Waals surface area contributed by atoms with Crippen LogP contribution in [0.1, 0.15) is 19.8 Å². The first-order chi connectivity index (χ1) is 10.7. The topological polar surface area (TPSA) is 68.1 Å². The summed E-state index contributed by atoms with van der Waals surface area (Å²) < 4.78 is 3.27. The number of carbonyl (C=O) groups is 1. The number of carbonyl (C=O) groups excluding carboxylic acids is 1. The largest absolute Gasteiger partial charge is 0.352 e. The van der Waals surface area contributed by atoms with Gasteiger partial charge in [0.1, 0.15) is 6.54 Å². The first-order valence-corrected chi connectivity index (χ1v) is 7.89. The van der Waals surface area contributed by atoms with E-state index in [0.29, 0.717) is 6.54 Å². The van der Waals surface area contributed by atoms with E-state index in [-0.39, 0.29) is 24.2 Å². The van der Waals surface area contributed by atoms with Crippen molar-refractivity contribution < 1.29 is 4.79 Å². The first-order valence-electron chi connectivity index (χ1n) is 7.89. The summed E-state index contributed by atoms with van der Waals surface area (Å²) in [5, 5.41) is 6.31. The average molecular weight is 302 g/mol. The van der Waals surface area contributed by atoms with E-state index in [0.717, 1.165) is 37.0 Å². The molecule has 6 heteroatoms. The number of aromatic nitrogens is 2. The number of nitrogens with one attached hydrogen (secondary N) is 2. The highest BCUT2D eigenvalue weighted by Gasteiger charge is 2.18. The van der Waals surface area contributed by atoms with E-state index >= 15 is 0 Å². The molecular formula is C16H22N4O2. The highest BCUT2D eigenvalue weighted by Crippen LogP contribution is 2.12. The van der Waals surface area contributed by atoms with Gasteiger partial charge >= 0.3 is 5.69 Å². The van der Waals surface area contributed by atoms with Crippen LogP contribution in [0.15, 0.2) is 29.1 Å². The van der Waals surface area contributed by atoms with Crippen LogP contribution in [-0.4, -0.2) is 34.2 Å². The fourth-order valence-corrected chi connectivity index (χ4v) is 3.11. The number of nitrogens with zero attached hydrogens (tertiary/aromatic N) is 2. The third-order valence-electron chi connectivity index (χ3n) is 4.25. The van der Waals surface area contributed by atoms with Gasteiger partial charge in [-0.15, -0.1) is 0 Å². The second kappa shape index (κ2) is 6.36. The van der Waals surface area contributed by atoms with E-state index < -0.39 is 0 Å². The van der Waals surface area contributed by atoms with Gasteiger partial charge in [0.25, 0.3) is 0 Å². The number of benzene rings is 1. The average Bonchev–Trinajstić information content (AvgIpc) is 2.80. The van der Waals surface area contributed by atoms with Gasteiger partial charge in [0.2, 0.25) is 5.91 Å². The molecule has 6 nitrogen and oxygen atoms in total. The maximum atomic E-state index is 12.5. The Labute approximate surface area is 129 Å². The number of hydrogen-bond donors (Lipinski definition) is 2. The third-order valence-corrected chi connectivity index (χ3v) is 4.25. The molecule has 1 saturated heterocycles. The van der Waals surface area contributed by atoms with Gasteiger partial charge in [-0.1, -0.05) is 12.1 Å². The van der Waals surface area contributed by atoms with E-state index in [9.17, 15) is 9.59 Å². The van der Waals surface area contributed by atoms with Crippen LogP contribution in [0.3, 0.4) is 0 Å². The van der Waals surface area contributed by atoms with Crippen LogP contribution >= 0.6 is 0 Å². The Hall–Kier alpha value is -2.08. The summed E-state index contributed by atoms with van der Waals surface area (Å²) >= 11 is 0. The summed E-state index contributed by atoms with van der Waals surface area (Å²) in [6.45, 7) is 4.48. The summed E-state index contributed by atoms with van der Waals surface area (Å²) in [6.07, 6.45) is 1.88. The van der Waals surface area contributed by atoms with Crippen molar-refractivity contribution in [1.29, 1.82) is 0 Å². The summed E-state index contributed by atoms with van der Waals surface area (Å²) in [6, 6.07) is 7.82. The lowest BCUT2D eigenvalue weighted by molar-refractivity contribution is -0.122. The van der Waals surface area contributed by atoms with E-state index in [1.807, 2.05) is 31.2 Å². The van der Waals surface area contributed by atoms with Gasteiger partial charge in [0, 0.05) is 12.6 Å². The SMILES string of the molecule is CCn1c(=O)n(CC(=O)NC2CCNCC2)c2ccccc21. The maximum absolute atomic E-state index is 12.5. The fraction of sp³-hybridized carbons (Fsp3) is 0.500. The molecule has 0 spiro atoms. The molecule has 2 heterocycles. The second-order valence-electron chi connectivity index (χ2n) is 5.69. The van der Waals surface area contributed by atoms with Crippen molar-refractivity contribution in [2.75, 3.05) is 13.1 Å². The fourth-order valence-electron chi connectivity index (χ4n) is 3.11. The van der Waals surface area contributed by atoms with Crippen LogP contribution in [0.25, 0.3) is 11.0 Å². The molecule has 118 valence electrons. The van der Waals surface area contributed by atoms with Crippen molar-refractivity contribution in [1.82, 2.24) is 19.8 Å². The number of rotatable bonds is 4. The third kappa shape index (κ3) is 2.78. The number of amides is 1. The Morgan fingerprint density at radius 1 is 1.23 bits per heavy atom. The van der Waals surface area contributed by atoms with Crippen molar-refractivity contribution in [2.24, 2.45) is 0 Å². The lowest BCUT2D eigenvalue weighted by Crippen LogP contribution is -2.44. The van der Waals surface area contributed by atoms with E-state index in [4.69, 9.17) is 0 Å². The Morgan fingerprint density at radius 2 is 1.86 bits per heavy atom. The Morgan fingerprint density at radius 3 is 2.50 bits per heavy atom. The first kappa shape index (κ1) is 14.8. The number of hydrogen-bond acceptors (Lipinski definition) is 3. The predicted molar refractivity (Wildman–Crippen MR) is 85.9 cm³/mol. The predicted octanol–water partition coefficient (Wildman–Crippen LogP) is 0.691. The molecule has 1 amide bonds. The van der Waals surface area contributed by atoms with Crippen molar-refractivity contribution in [3.05, 3.63) is 34.7 Å². The van der Waals surface area contributed by atoms with Gasteiger partial charge in [-0.2, -0.15) is 0 Å². The van der Waals surface area contributed by atoms with Gasteiger partial charge in [0.05, 0.1) is 11.0 Å². The molecule has 0 bridgehead atoms. The second-order valence-corrected chi connectivity index (χ2v) is 5.69. The molecule has 1 fully saturated rings. The molecular weight excluding hydrogens is 280 g/mol. The monoisotopic (exact) mass is 302 g/mol. The molecule has 0 radical (unpaired) electrons. The van der Waals surface area contributed by atoms with Gasteiger partial charge in [-0.25, -0.2) is 4.79 Å². The standard InChI is InChI=1S/C16H22N4O2/c1-2-19-13-5-3-4-6-14(13)20(16(19)22)11-15(21)18-12-7-9-17-10-8-12/h3-6,12,17H,2,7-11H2,1H3,(H,18,21). The van der Waals surface area contributed by atoms with Crippen LogP contribution in [0, 0.1) is 0 Å².